The molecule has 6 aromatic rings. The zero-order valence-electron chi connectivity index (χ0n) is 34.0. The van der Waals surface area contributed by atoms with Crippen LogP contribution in [0.2, 0.25) is 0 Å². The van der Waals surface area contributed by atoms with Gasteiger partial charge in [-0.05, 0) is 109 Å². The summed E-state index contributed by atoms with van der Waals surface area (Å²) in [7, 11) is 0. The minimum absolute atomic E-state index is 0. The fourth-order valence-corrected chi connectivity index (χ4v) is 7.44. The van der Waals surface area contributed by atoms with Crippen molar-refractivity contribution in [3.8, 4) is 11.5 Å². The van der Waals surface area contributed by atoms with Crippen molar-refractivity contribution < 1.29 is 68.1 Å². The Bertz CT molecular complexity index is 2670. The quantitative estimate of drug-likeness (QED) is 0.0455. The summed E-state index contributed by atoms with van der Waals surface area (Å²) >= 11 is 0. The smallest absolute Gasteiger partial charge is 0.338 e. The Hall–Kier alpha value is -7.50. The van der Waals surface area contributed by atoms with Crippen LogP contribution in [0.3, 0.4) is 0 Å². The lowest BCUT2D eigenvalue weighted by molar-refractivity contribution is -0.0182. The Morgan fingerprint density at radius 3 is 1.31 bits per heavy atom. The third-order valence-electron chi connectivity index (χ3n) is 10.7. The van der Waals surface area contributed by atoms with Gasteiger partial charge in [0.2, 0.25) is 0 Å². The maximum atomic E-state index is 13.3. The monoisotopic (exact) mass is 884 g/mol. The highest BCUT2D eigenvalue weighted by molar-refractivity contribution is 6.36. The number of carbonyl (C=O) groups is 6. The predicted molar refractivity (Wildman–Crippen MR) is 237 cm³/mol. The second-order valence-electron chi connectivity index (χ2n) is 15.1. The number of rotatable bonds is 17. The number of aromatic hydroxyl groups is 2. The lowest BCUT2D eigenvalue weighted by atomic mass is 10.1. The van der Waals surface area contributed by atoms with E-state index < -0.39 is 47.8 Å². The summed E-state index contributed by atoms with van der Waals surface area (Å²) in [6.07, 6.45) is -1.19. The van der Waals surface area contributed by atoms with Crippen LogP contribution in [0, 0.1) is 0 Å². The van der Waals surface area contributed by atoms with Crippen molar-refractivity contribution in [1.82, 2.24) is 0 Å². The van der Waals surface area contributed by atoms with E-state index in [9.17, 15) is 49.2 Å². The van der Waals surface area contributed by atoms with Crippen LogP contribution in [0.1, 0.15) is 82.4 Å². The molecule has 0 spiro atoms. The molecule has 0 fully saturated rings. The van der Waals surface area contributed by atoms with E-state index in [1.165, 1.54) is 48.5 Å². The molecule has 0 aromatic heterocycles. The Kier molecular flexibility index (Phi) is 13.6. The molecule has 2 unspecified atom stereocenters. The number of phenols is 2. The van der Waals surface area contributed by atoms with Gasteiger partial charge in [-0.15, -0.1) is 0 Å². The van der Waals surface area contributed by atoms with E-state index in [4.69, 9.17) is 18.9 Å². The number of unbranched alkanes of at least 4 members (excludes halogenated alkanes) is 1. The van der Waals surface area contributed by atoms with Crippen LogP contribution in [0.5, 0.6) is 11.5 Å². The molecule has 0 saturated heterocycles. The minimum Gasteiger partial charge on any atom is -0.507 e. The zero-order valence-corrected chi connectivity index (χ0v) is 34.0. The molecule has 2 aliphatic heterocycles. The minimum atomic E-state index is -1.14. The Morgan fingerprint density at radius 2 is 0.892 bits per heavy atom. The number of ether oxygens (including phenoxy) is 4. The maximum Gasteiger partial charge on any atom is 0.338 e. The van der Waals surface area contributed by atoms with Crippen molar-refractivity contribution in [3.05, 3.63) is 143 Å². The molecule has 0 saturated carbocycles. The number of phenolic OH excluding ortho intramolecular Hbond substituents is 2. The van der Waals surface area contributed by atoms with Crippen LogP contribution in [0.15, 0.2) is 109 Å². The first-order valence-corrected chi connectivity index (χ1v) is 20.2. The van der Waals surface area contributed by atoms with Crippen LogP contribution in [-0.4, -0.2) is 108 Å². The molecule has 0 aliphatic carbocycles. The number of aliphatic hydroxyl groups excluding tert-OH is 2. The largest absolute Gasteiger partial charge is 0.507 e. The van der Waals surface area contributed by atoms with Gasteiger partial charge >= 0.3 is 11.9 Å². The van der Waals surface area contributed by atoms with E-state index in [2.05, 4.69) is 0 Å². The molecule has 2 heterocycles. The first-order chi connectivity index (χ1) is 30.9. The van der Waals surface area contributed by atoms with Crippen LogP contribution in [-0.2, 0) is 18.9 Å². The Labute approximate surface area is 371 Å². The van der Waals surface area contributed by atoms with Gasteiger partial charge < -0.3 is 39.4 Å². The van der Waals surface area contributed by atoms with Crippen molar-refractivity contribution in [2.75, 3.05) is 49.4 Å². The van der Waals surface area contributed by atoms with Gasteiger partial charge in [0.15, 0.2) is 0 Å². The molecule has 16 heteroatoms. The topological polar surface area (TPSA) is 227 Å². The van der Waals surface area contributed by atoms with Crippen molar-refractivity contribution >= 4 is 68.5 Å². The van der Waals surface area contributed by atoms with Gasteiger partial charge in [-0.1, -0.05) is 31.7 Å². The molecule has 65 heavy (non-hydrogen) atoms. The molecule has 334 valence electrons. The molecule has 4 amide bonds. The van der Waals surface area contributed by atoms with E-state index in [0.717, 1.165) is 9.80 Å². The van der Waals surface area contributed by atoms with Crippen molar-refractivity contribution in [2.24, 2.45) is 0 Å². The number of anilines is 2. The van der Waals surface area contributed by atoms with Gasteiger partial charge in [0.05, 0.1) is 58.0 Å². The van der Waals surface area contributed by atoms with E-state index >= 15 is 0 Å². The van der Waals surface area contributed by atoms with Crippen LogP contribution in [0.4, 0.5) is 11.4 Å². The van der Waals surface area contributed by atoms with Gasteiger partial charge in [-0.2, -0.15) is 0 Å². The summed E-state index contributed by atoms with van der Waals surface area (Å²) in [5, 5.41) is 43.2. The van der Waals surface area contributed by atoms with Gasteiger partial charge in [-0.25, -0.2) is 19.4 Å². The SMILES string of the molecule is C.O=C(OCC(O)COCCCCOCC(O)COC(=O)c1ccc2c(c1)C(=O)N(c1ccc3c(O)cccc3c1)C2=O)c1ccc2c(c1)C(=O)N(c1ccc3c(O)cccc3c1)C2=O. The lowest BCUT2D eigenvalue weighted by Gasteiger charge is -2.15. The van der Waals surface area contributed by atoms with Crippen LogP contribution in [0.25, 0.3) is 21.5 Å². The molecule has 8 rings (SSSR count). The van der Waals surface area contributed by atoms with E-state index in [1.807, 2.05) is 0 Å². The van der Waals surface area contributed by atoms with Crippen LogP contribution >= 0.6 is 0 Å². The average molecular weight is 885 g/mol. The zero-order chi connectivity index (χ0) is 45.1. The Balaban J connectivity index is 0.00000630. The number of imide groups is 2. The number of aliphatic hydroxyl groups is 2. The molecule has 2 aliphatic rings. The number of amides is 4. The summed E-state index contributed by atoms with van der Waals surface area (Å²) < 4.78 is 21.4. The number of carbonyl (C=O) groups excluding carboxylic acids is 6. The fraction of sp³-hybridized carbons (Fsp3) is 0.224. The molecule has 6 aromatic carbocycles. The molecule has 0 bridgehead atoms. The number of hydrogen-bond donors (Lipinski definition) is 4. The maximum absolute atomic E-state index is 13.3. The third kappa shape index (κ3) is 9.42. The number of fused-ring (bicyclic) bond motifs is 4. The van der Waals surface area contributed by atoms with Crippen molar-refractivity contribution in [1.29, 1.82) is 0 Å². The Morgan fingerprint density at radius 1 is 0.492 bits per heavy atom. The highest BCUT2D eigenvalue weighted by Gasteiger charge is 2.39. The number of benzene rings is 6. The predicted octanol–water partition coefficient (Wildman–Crippen LogP) is 6.19. The van der Waals surface area contributed by atoms with Gasteiger partial charge in [-0.3, -0.25) is 19.2 Å². The molecular formula is C49H44N2O14. The first-order valence-electron chi connectivity index (χ1n) is 20.2. The third-order valence-corrected chi connectivity index (χ3v) is 10.7. The van der Waals surface area contributed by atoms with Crippen molar-refractivity contribution in [2.45, 2.75) is 32.5 Å². The standard InChI is InChI=1S/C48H40N2O14.CH4/c51-33(25-63-47(59)29-9-13-37-39(21-29)45(57)49(43(37)55)31-11-15-35-27(19-31)5-3-7-41(35)53)23-61-17-1-2-18-62-24-34(52)26-64-48(60)30-10-14-38-40(22-30)46(58)50(44(38)56)32-12-16-36-28(20-32)6-4-8-42(36)54;/h3-16,19-22,33-34,51-54H,1-2,17-18,23-26H2;1H4. The lowest BCUT2D eigenvalue weighted by Crippen LogP contribution is -2.29. The van der Waals surface area contributed by atoms with Crippen molar-refractivity contribution in [3.63, 3.8) is 0 Å². The highest BCUT2D eigenvalue weighted by atomic mass is 16.6. The summed E-state index contributed by atoms with van der Waals surface area (Å²) in [4.78, 5) is 80.5. The fourth-order valence-electron chi connectivity index (χ4n) is 7.44. The van der Waals surface area contributed by atoms with E-state index in [0.29, 0.717) is 45.8 Å². The second-order valence-corrected chi connectivity index (χ2v) is 15.1. The van der Waals surface area contributed by atoms with Gasteiger partial charge in [0.1, 0.15) is 36.9 Å². The number of hydrogen-bond acceptors (Lipinski definition) is 14. The normalized spacial score (nSPS) is 14.1. The summed E-state index contributed by atoms with van der Waals surface area (Å²) in [6.45, 7) is -0.512. The van der Waals surface area contributed by atoms with Gasteiger partial charge in [0.25, 0.3) is 23.6 Å². The molecular weight excluding hydrogens is 841 g/mol. The van der Waals surface area contributed by atoms with E-state index in [-0.39, 0.29) is 91.9 Å². The molecule has 2 atom stereocenters. The summed E-state index contributed by atoms with van der Waals surface area (Å²) in [5.74, 6) is -3.82. The molecule has 4 N–H and O–H groups in total. The van der Waals surface area contributed by atoms with E-state index in [1.54, 1.807) is 60.7 Å². The highest BCUT2D eigenvalue weighted by Crippen LogP contribution is 2.35. The average Bonchev–Trinajstić information content (AvgIpc) is 3.70. The summed E-state index contributed by atoms with van der Waals surface area (Å²) in [6, 6.07) is 27.5. The number of esters is 2. The van der Waals surface area contributed by atoms with Gasteiger partial charge in [0, 0.05) is 24.0 Å². The summed E-state index contributed by atoms with van der Waals surface area (Å²) in [5.41, 5.74) is 0.968. The van der Waals surface area contributed by atoms with Crippen LogP contribution < -0.4 is 9.80 Å². The first kappa shape index (κ1) is 45.5. The second kappa shape index (κ2) is 19.5. The number of nitrogens with zero attached hydrogens (tertiary/aromatic N) is 2. The molecule has 0 radical (unpaired) electrons. The molecule has 16 nitrogen and oxygen atoms in total.